The summed E-state index contributed by atoms with van der Waals surface area (Å²) >= 11 is 0. The highest BCUT2D eigenvalue weighted by molar-refractivity contribution is 5.32. The van der Waals surface area contributed by atoms with E-state index in [-0.39, 0.29) is 0 Å². The van der Waals surface area contributed by atoms with Gasteiger partial charge in [0.05, 0.1) is 0 Å². The molecule has 116 valence electrons. The van der Waals surface area contributed by atoms with Crippen molar-refractivity contribution in [3.8, 4) is 5.75 Å². The molecule has 1 aliphatic carbocycles. The molecule has 1 saturated heterocycles. The summed E-state index contributed by atoms with van der Waals surface area (Å²) in [5.41, 5.74) is 6.87. The molecule has 3 heteroatoms. The van der Waals surface area contributed by atoms with Crippen LogP contribution < -0.4 is 10.5 Å². The molecule has 3 nitrogen and oxygen atoms in total. The number of rotatable bonds is 5. The van der Waals surface area contributed by atoms with E-state index in [4.69, 9.17) is 10.5 Å². The number of para-hydroxylation sites is 1. The summed E-state index contributed by atoms with van der Waals surface area (Å²) in [7, 11) is 0. The molecule has 1 heterocycles. The van der Waals surface area contributed by atoms with Crippen LogP contribution in [0.4, 0.5) is 0 Å². The lowest BCUT2D eigenvalue weighted by molar-refractivity contribution is 0.0500. The van der Waals surface area contributed by atoms with Gasteiger partial charge in [-0.15, -0.1) is 0 Å². The molecule has 21 heavy (non-hydrogen) atoms. The normalized spacial score (nSPS) is 26.3. The molecule has 2 fully saturated rings. The van der Waals surface area contributed by atoms with Crippen molar-refractivity contribution in [1.82, 2.24) is 4.90 Å². The average Bonchev–Trinajstić information content (AvgIpc) is 2.55. The van der Waals surface area contributed by atoms with Crippen molar-refractivity contribution < 1.29 is 4.74 Å². The Morgan fingerprint density at radius 3 is 2.81 bits per heavy atom. The van der Waals surface area contributed by atoms with Crippen molar-refractivity contribution in [2.45, 2.75) is 51.1 Å². The van der Waals surface area contributed by atoms with Crippen molar-refractivity contribution in [3.63, 3.8) is 0 Å². The smallest absolute Gasteiger partial charge is 0.123 e. The van der Waals surface area contributed by atoms with Crippen LogP contribution in [0.1, 0.15) is 44.1 Å². The van der Waals surface area contributed by atoms with Crippen molar-refractivity contribution in [2.24, 2.45) is 11.7 Å². The highest BCUT2D eigenvalue weighted by Gasteiger charge is 2.32. The maximum absolute atomic E-state index is 5.99. The van der Waals surface area contributed by atoms with E-state index in [1.165, 1.54) is 45.1 Å². The minimum atomic E-state index is 0.546. The van der Waals surface area contributed by atoms with Crippen LogP contribution in [0.25, 0.3) is 0 Å². The van der Waals surface area contributed by atoms with Crippen molar-refractivity contribution in [3.05, 3.63) is 29.8 Å². The molecule has 1 saturated carbocycles. The van der Waals surface area contributed by atoms with Gasteiger partial charge in [-0.2, -0.15) is 0 Å². The maximum Gasteiger partial charge on any atom is 0.123 e. The third kappa shape index (κ3) is 3.58. The standard InChI is InChI=1S/C18H28N2O/c19-14-16-7-2-4-10-18(16)21-13-12-20-11-5-8-15-6-1-3-9-17(15)20/h2,4,7,10,15,17H,1,3,5-6,8-9,11-14,19H2. The Bertz CT molecular complexity index is 447. The van der Waals surface area contributed by atoms with Crippen LogP contribution in [0.5, 0.6) is 5.75 Å². The molecule has 3 rings (SSSR count). The van der Waals surface area contributed by atoms with E-state index in [0.29, 0.717) is 6.54 Å². The van der Waals surface area contributed by atoms with Crippen LogP contribution in [0.2, 0.25) is 0 Å². The molecule has 0 spiro atoms. The van der Waals surface area contributed by atoms with Crippen LogP contribution in [0, 0.1) is 5.92 Å². The van der Waals surface area contributed by atoms with Crippen molar-refractivity contribution in [1.29, 1.82) is 0 Å². The summed E-state index contributed by atoms with van der Waals surface area (Å²) in [6.45, 7) is 3.63. The quantitative estimate of drug-likeness (QED) is 0.904. The molecule has 2 atom stereocenters. The minimum Gasteiger partial charge on any atom is -0.492 e. The molecule has 1 aliphatic heterocycles. The van der Waals surface area contributed by atoms with Crippen molar-refractivity contribution >= 4 is 0 Å². The first kappa shape index (κ1) is 14.9. The molecule has 2 N–H and O–H groups in total. The van der Waals surface area contributed by atoms with Gasteiger partial charge in [0.15, 0.2) is 0 Å². The fraction of sp³-hybridized carbons (Fsp3) is 0.667. The van der Waals surface area contributed by atoms with Gasteiger partial charge in [-0.3, -0.25) is 4.90 Å². The van der Waals surface area contributed by atoms with Gasteiger partial charge < -0.3 is 10.5 Å². The number of piperidine rings is 1. The third-order valence-corrected chi connectivity index (χ3v) is 5.19. The first-order chi connectivity index (χ1) is 10.4. The predicted octanol–water partition coefficient (Wildman–Crippen LogP) is 3.18. The summed E-state index contributed by atoms with van der Waals surface area (Å²) in [4.78, 5) is 2.68. The molecule has 0 bridgehead atoms. The Hall–Kier alpha value is -1.06. The number of hydrogen-bond donors (Lipinski definition) is 1. The number of likely N-dealkylation sites (tertiary alicyclic amines) is 1. The Balaban J connectivity index is 1.52. The fourth-order valence-corrected chi connectivity index (χ4v) is 4.09. The SMILES string of the molecule is NCc1ccccc1OCCN1CCCC2CCCCC21. The van der Waals surface area contributed by atoms with Crippen LogP contribution in [0.3, 0.4) is 0 Å². The van der Waals surface area contributed by atoms with E-state index in [1.54, 1.807) is 0 Å². The second-order valence-corrected chi connectivity index (χ2v) is 6.45. The zero-order chi connectivity index (χ0) is 14.5. The van der Waals surface area contributed by atoms with E-state index in [9.17, 15) is 0 Å². The minimum absolute atomic E-state index is 0.546. The van der Waals surface area contributed by atoms with Crippen LogP contribution in [0.15, 0.2) is 24.3 Å². The van der Waals surface area contributed by atoms with Gasteiger partial charge in [-0.05, 0) is 44.2 Å². The van der Waals surface area contributed by atoms with Gasteiger partial charge in [-0.1, -0.05) is 31.0 Å². The van der Waals surface area contributed by atoms with Crippen LogP contribution >= 0.6 is 0 Å². The summed E-state index contributed by atoms with van der Waals surface area (Å²) in [5, 5.41) is 0. The lowest BCUT2D eigenvalue weighted by Gasteiger charge is -2.44. The summed E-state index contributed by atoms with van der Waals surface area (Å²) < 4.78 is 5.99. The summed E-state index contributed by atoms with van der Waals surface area (Å²) in [5.74, 6) is 1.90. The number of ether oxygens (including phenoxy) is 1. The lowest BCUT2D eigenvalue weighted by Crippen LogP contribution is -2.48. The fourth-order valence-electron chi connectivity index (χ4n) is 4.09. The lowest BCUT2D eigenvalue weighted by atomic mass is 9.78. The molecule has 1 aromatic carbocycles. The number of nitrogens with two attached hydrogens (primary N) is 1. The van der Waals surface area contributed by atoms with Crippen LogP contribution in [-0.2, 0) is 6.54 Å². The van der Waals surface area contributed by atoms with Gasteiger partial charge in [0.1, 0.15) is 12.4 Å². The molecule has 0 radical (unpaired) electrons. The Labute approximate surface area is 128 Å². The molecule has 0 amide bonds. The number of fused-ring (bicyclic) bond motifs is 1. The van der Waals surface area contributed by atoms with Gasteiger partial charge >= 0.3 is 0 Å². The molecular formula is C18H28N2O. The Morgan fingerprint density at radius 1 is 1.10 bits per heavy atom. The largest absolute Gasteiger partial charge is 0.492 e. The van der Waals surface area contributed by atoms with E-state index in [2.05, 4.69) is 4.90 Å². The topological polar surface area (TPSA) is 38.5 Å². The molecular weight excluding hydrogens is 260 g/mol. The Morgan fingerprint density at radius 2 is 1.90 bits per heavy atom. The summed E-state index contributed by atoms with van der Waals surface area (Å²) in [6, 6.07) is 8.94. The molecule has 1 aromatic rings. The molecule has 2 aliphatic rings. The van der Waals surface area contributed by atoms with Crippen molar-refractivity contribution in [2.75, 3.05) is 19.7 Å². The monoisotopic (exact) mass is 288 g/mol. The third-order valence-electron chi connectivity index (χ3n) is 5.19. The van der Waals surface area contributed by atoms with E-state index >= 15 is 0 Å². The van der Waals surface area contributed by atoms with Gasteiger partial charge in [0, 0.05) is 24.7 Å². The predicted molar refractivity (Wildman–Crippen MR) is 86.4 cm³/mol. The van der Waals surface area contributed by atoms with Gasteiger partial charge in [0.25, 0.3) is 0 Å². The van der Waals surface area contributed by atoms with Gasteiger partial charge in [0.2, 0.25) is 0 Å². The molecule has 0 aromatic heterocycles. The second kappa shape index (κ2) is 7.28. The number of benzene rings is 1. The van der Waals surface area contributed by atoms with Gasteiger partial charge in [-0.25, -0.2) is 0 Å². The maximum atomic E-state index is 5.99. The highest BCUT2D eigenvalue weighted by Crippen LogP contribution is 2.35. The second-order valence-electron chi connectivity index (χ2n) is 6.45. The van der Waals surface area contributed by atoms with Crippen LogP contribution in [-0.4, -0.2) is 30.6 Å². The first-order valence-corrected chi connectivity index (χ1v) is 8.53. The number of nitrogens with zero attached hydrogens (tertiary/aromatic N) is 1. The highest BCUT2D eigenvalue weighted by atomic mass is 16.5. The molecule has 2 unspecified atom stereocenters. The zero-order valence-corrected chi connectivity index (χ0v) is 13.0. The average molecular weight is 288 g/mol. The van der Waals surface area contributed by atoms with E-state index in [1.807, 2.05) is 24.3 Å². The zero-order valence-electron chi connectivity index (χ0n) is 13.0. The first-order valence-electron chi connectivity index (χ1n) is 8.53. The van der Waals surface area contributed by atoms with E-state index < -0.39 is 0 Å². The number of hydrogen-bond acceptors (Lipinski definition) is 3. The summed E-state index contributed by atoms with van der Waals surface area (Å²) in [6.07, 6.45) is 8.49. The Kier molecular flexibility index (Phi) is 5.15. The van der Waals surface area contributed by atoms with E-state index in [0.717, 1.165) is 36.4 Å².